The van der Waals surface area contributed by atoms with Crippen LogP contribution in [0.25, 0.3) is 0 Å². The van der Waals surface area contributed by atoms with E-state index >= 15 is 0 Å². The maximum atomic E-state index is 11.9. The number of urea groups is 1. The summed E-state index contributed by atoms with van der Waals surface area (Å²) >= 11 is 0. The molecule has 2 amide bonds. The third-order valence-corrected chi connectivity index (χ3v) is 3.05. The molecule has 0 aromatic heterocycles. The zero-order valence-corrected chi connectivity index (χ0v) is 12.6. The van der Waals surface area contributed by atoms with Crippen LogP contribution in [0, 0.1) is 11.3 Å². The Labute approximate surface area is 124 Å². The summed E-state index contributed by atoms with van der Waals surface area (Å²) in [6, 6.07) is 6.35. The minimum Gasteiger partial charge on any atom is -0.492 e. The minimum atomic E-state index is -0.950. The predicted octanol–water partition coefficient (Wildman–Crippen LogP) is 2.24. The molecule has 0 saturated heterocycles. The molecule has 0 aliphatic carbocycles. The molecular formula is C15H21N3O3. The molecular weight excluding hydrogens is 270 g/mol. The molecule has 3 N–H and O–H groups in total. The van der Waals surface area contributed by atoms with Crippen LogP contribution in [0.5, 0.6) is 5.75 Å². The van der Waals surface area contributed by atoms with Gasteiger partial charge in [0.15, 0.2) is 0 Å². The average Bonchev–Trinajstić information content (AvgIpc) is 2.47. The Morgan fingerprint density at radius 1 is 1.48 bits per heavy atom. The van der Waals surface area contributed by atoms with Gasteiger partial charge in [0.2, 0.25) is 0 Å². The number of anilines is 1. The van der Waals surface area contributed by atoms with Gasteiger partial charge in [-0.25, -0.2) is 4.79 Å². The van der Waals surface area contributed by atoms with Crippen molar-refractivity contribution in [1.29, 1.82) is 5.26 Å². The maximum Gasteiger partial charge on any atom is 0.319 e. The molecule has 0 fully saturated rings. The standard InChI is InChI=1S/C15H21N3O3/c1-4-15(3,20)10-17-14(19)18-12-8-11(9-16)6-7-13(12)21-5-2/h6-8,20H,4-5,10H2,1-3H3,(H2,17,18,19)/t15-/m1/s1. The Balaban J connectivity index is 2.76. The summed E-state index contributed by atoms with van der Waals surface area (Å²) in [7, 11) is 0. The highest BCUT2D eigenvalue weighted by Crippen LogP contribution is 2.25. The highest BCUT2D eigenvalue weighted by molar-refractivity contribution is 5.91. The van der Waals surface area contributed by atoms with Crippen molar-refractivity contribution in [1.82, 2.24) is 5.32 Å². The number of rotatable bonds is 6. The molecule has 1 aromatic rings. The van der Waals surface area contributed by atoms with Gasteiger partial charge in [0.25, 0.3) is 0 Å². The lowest BCUT2D eigenvalue weighted by Crippen LogP contribution is -2.41. The zero-order chi connectivity index (χ0) is 15.9. The van der Waals surface area contributed by atoms with Gasteiger partial charge >= 0.3 is 6.03 Å². The van der Waals surface area contributed by atoms with Crippen molar-refractivity contribution >= 4 is 11.7 Å². The van der Waals surface area contributed by atoms with Gasteiger partial charge in [-0.2, -0.15) is 5.26 Å². The van der Waals surface area contributed by atoms with Gasteiger partial charge in [-0.3, -0.25) is 0 Å². The Bertz CT molecular complexity index is 535. The van der Waals surface area contributed by atoms with Crippen molar-refractivity contribution < 1.29 is 14.6 Å². The van der Waals surface area contributed by atoms with E-state index in [0.717, 1.165) is 0 Å². The molecule has 1 aromatic carbocycles. The van der Waals surface area contributed by atoms with E-state index < -0.39 is 11.6 Å². The van der Waals surface area contributed by atoms with Gasteiger partial charge in [0.1, 0.15) is 5.75 Å². The number of carbonyl (C=O) groups excluding carboxylic acids is 1. The van der Waals surface area contributed by atoms with Crippen LogP contribution in [0.15, 0.2) is 18.2 Å². The molecule has 1 rings (SSSR count). The second kappa shape index (κ2) is 7.50. The number of carbonyl (C=O) groups is 1. The van der Waals surface area contributed by atoms with Crippen LogP contribution in [-0.4, -0.2) is 29.9 Å². The summed E-state index contributed by atoms with van der Waals surface area (Å²) in [4.78, 5) is 11.9. The third kappa shape index (κ3) is 5.32. The fourth-order valence-corrected chi connectivity index (χ4v) is 1.54. The van der Waals surface area contributed by atoms with Crippen LogP contribution in [0.2, 0.25) is 0 Å². The topological polar surface area (TPSA) is 94.4 Å². The first-order valence-electron chi connectivity index (χ1n) is 6.86. The van der Waals surface area contributed by atoms with Crippen LogP contribution >= 0.6 is 0 Å². The second-order valence-corrected chi connectivity index (χ2v) is 4.91. The molecule has 0 heterocycles. The molecule has 21 heavy (non-hydrogen) atoms. The van der Waals surface area contributed by atoms with Crippen molar-refractivity contribution in [2.24, 2.45) is 0 Å². The SMILES string of the molecule is CCOc1ccc(C#N)cc1NC(=O)NC[C@](C)(O)CC. The largest absolute Gasteiger partial charge is 0.492 e. The van der Waals surface area contributed by atoms with Crippen LogP contribution in [0.4, 0.5) is 10.5 Å². The fourth-order valence-electron chi connectivity index (χ4n) is 1.54. The number of amides is 2. The minimum absolute atomic E-state index is 0.136. The van der Waals surface area contributed by atoms with E-state index in [1.807, 2.05) is 19.9 Å². The van der Waals surface area contributed by atoms with Gasteiger partial charge in [0.05, 0.1) is 29.5 Å². The van der Waals surface area contributed by atoms with E-state index in [2.05, 4.69) is 10.6 Å². The predicted molar refractivity (Wildman–Crippen MR) is 80.3 cm³/mol. The van der Waals surface area contributed by atoms with E-state index in [4.69, 9.17) is 10.00 Å². The van der Waals surface area contributed by atoms with Crippen LogP contribution < -0.4 is 15.4 Å². The molecule has 0 aliphatic heterocycles. The van der Waals surface area contributed by atoms with Crippen molar-refractivity contribution in [3.63, 3.8) is 0 Å². The molecule has 0 aliphatic rings. The average molecular weight is 291 g/mol. The molecule has 6 nitrogen and oxygen atoms in total. The van der Waals surface area contributed by atoms with Gasteiger partial charge in [-0.05, 0) is 38.5 Å². The van der Waals surface area contributed by atoms with Crippen molar-refractivity contribution in [2.75, 3.05) is 18.5 Å². The molecule has 6 heteroatoms. The first-order chi connectivity index (χ1) is 9.91. The van der Waals surface area contributed by atoms with Crippen molar-refractivity contribution in [3.05, 3.63) is 23.8 Å². The molecule has 0 spiro atoms. The summed E-state index contributed by atoms with van der Waals surface area (Å²) < 4.78 is 5.40. The number of nitrogens with zero attached hydrogens (tertiary/aromatic N) is 1. The monoisotopic (exact) mass is 291 g/mol. The summed E-state index contributed by atoms with van der Waals surface area (Å²) in [5, 5.41) is 24.0. The van der Waals surface area contributed by atoms with E-state index in [0.29, 0.717) is 30.0 Å². The summed E-state index contributed by atoms with van der Waals surface area (Å²) in [6.07, 6.45) is 0.529. The van der Waals surface area contributed by atoms with Crippen LogP contribution in [-0.2, 0) is 0 Å². The van der Waals surface area contributed by atoms with E-state index in [-0.39, 0.29) is 6.54 Å². The molecule has 0 bridgehead atoms. The van der Waals surface area contributed by atoms with Crippen LogP contribution in [0.1, 0.15) is 32.8 Å². The number of aliphatic hydroxyl groups is 1. The van der Waals surface area contributed by atoms with Gasteiger partial charge < -0.3 is 20.5 Å². The molecule has 114 valence electrons. The lowest BCUT2D eigenvalue weighted by molar-refractivity contribution is 0.0587. The van der Waals surface area contributed by atoms with E-state index in [1.165, 1.54) is 0 Å². The number of hydrogen-bond acceptors (Lipinski definition) is 4. The number of ether oxygens (including phenoxy) is 1. The summed E-state index contributed by atoms with van der Waals surface area (Å²) in [5.74, 6) is 0.494. The van der Waals surface area contributed by atoms with Gasteiger partial charge in [0, 0.05) is 6.54 Å². The lowest BCUT2D eigenvalue weighted by atomic mass is 10.0. The normalized spacial score (nSPS) is 12.9. The molecule has 0 radical (unpaired) electrons. The number of nitrogens with one attached hydrogen (secondary N) is 2. The second-order valence-electron chi connectivity index (χ2n) is 4.91. The Morgan fingerprint density at radius 3 is 2.76 bits per heavy atom. The molecule has 0 unspecified atom stereocenters. The van der Waals surface area contributed by atoms with Crippen molar-refractivity contribution in [2.45, 2.75) is 32.8 Å². The fraction of sp³-hybridized carbons (Fsp3) is 0.467. The Hall–Kier alpha value is -2.26. The lowest BCUT2D eigenvalue weighted by Gasteiger charge is -2.22. The Morgan fingerprint density at radius 2 is 2.19 bits per heavy atom. The van der Waals surface area contributed by atoms with Crippen LogP contribution in [0.3, 0.4) is 0 Å². The van der Waals surface area contributed by atoms with Crippen molar-refractivity contribution in [3.8, 4) is 11.8 Å². The molecule has 1 atom stereocenters. The first kappa shape index (κ1) is 16.8. The smallest absolute Gasteiger partial charge is 0.319 e. The quantitative estimate of drug-likeness (QED) is 0.749. The third-order valence-electron chi connectivity index (χ3n) is 3.05. The number of hydrogen-bond donors (Lipinski definition) is 3. The Kier molecular flexibility index (Phi) is 6.00. The summed E-state index contributed by atoms with van der Waals surface area (Å²) in [5.41, 5.74) is -0.104. The van der Waals surface area contributed by atoms with Gasteiger partial charge in [-0.1, -0.05) is 6.92 Å². The zero-order valence-electron chi connectivity index (χ0n) is 12.6. The highest BCUT2D eigenvalue weighted by atomic mass is 16.5. The molecule has 0 saturated carbocycles. The van der Waals surface area contributed by atoms with E-state index in [1.54, 1.807) is 25.1 Å². The van der Waals surface area contributed by atoms with E-state index in [9.17, 15) is 9.90 Å². The summed E-state index contributed by atoms with van der Waals surface area (Å²) in [6.45, 7) is 5.91. The maximum absolute atomic E-state index is 11.9. The number of benzene rings is 1. The van der Waals surface area contributed by atoms with Gasteiger partial charge in [-0.15, -0.1) is 0 Å². The number of nitriles is 1. The highest BCUT2D eigenvalue weighted by Gasteiger charge is 2.18. The first-order valence-corrected chi connectivity index (χ1v) is 6.86.